The summed E-state index contributed by atoms with van der Waals surface area (Å²) in [5, 5.41) is 18.8. The lowest BCUT2D eigenvalue weighted by Gasteiger charge is -2.25. The molecule has 88 valence electrons. The molecule has 0 bridgehead atoms. The second-order valence-electron chi connectivity index (χ2n) is 3.91. The lowest BCUT2D eigenvalue weighted by atomic mass is 9.73. The van der Waals surface area contributed by atoms with Gasteiger partial charge >= 0.3 is 0 Å². The average Bonchev–Trinajstić information content (AvgIpc) is 2.36. The smallest absolute Gasteiger partial charge is 0.152 e. The molecule has 1 rings (SSSR count). The number of hydrogen-bond acceptors (Lipinski definition) is 2. The SMILES string of the molecule is CC(c1ccc(Cl)cc1)C(C#N)(C#N)CCF. The van der Waals surface area contributed by atoms with E-state index < -0.39 is 12.1 Å². The van der Waals surface area contributed by atoms with E-state index in [1.165, 1.54) is 0 Å². The molecule has 4 heteroatoms. The topological polar surface area (TPSA) is 47.6 Å². The Bertz CT molecular complexity index is 442. The molecule has 0 radical (unpaired) electrons. The number of benzene rings is 1. The number of nitriles is 2. The van der Waals surface area contributed by atoms with Crippen LogP contribution in [0.2, 0.25) is 5.02 Å². The first-order valence-electron chi connectivity index (χ1n) is 5.23. The summed E-state index contributed by atoms with van der Waals surface area (Å²) in [6.45, 7) is 1.07. The molecular weight excluding hydrogens is 239 g/mol. The lowest BCUT2D eigenvalue weighted by molar-refractivity contribution is 0.337. The summed E-state index contributed by atoms with van der Waals surface area (Å²) in [6.07, 6.45) is -0.0796. The van der Waals surface area contributed by atoms with Crippen LogP contribution in [-0.2, 0) is 0 Å². The highest BCUT2D eigenvalue weighted by Crippen LogP contribution is 2.38. The van der Waals surface area contributed by atoms with Gasteiger partial charge in [0.2, 0.25) is 0 Å². The fourth-order valence-electron chi connectivity index (χ4n) is 1.73. The number of nitrogens with zero attached hydrogens (tertiary/aromatic N) is 2. The molecule has 0 N–H and O–H groups in total. The van der Waals surface area contributed by atoms with E-state index in [2.05, 4.69) is 0 Å². The molecule has 0 spiro atoms. The second-order valence-corrected chi connectivity index (χ2v) is 4.34. The molecule has 0 aromatic heterocycles. The first kappa shape index (κ1) is 13.5. The third-order valence-corrected chi connectivity index (χ3v) is 3.25. The molecule has 1 aromatic rings. The van der Waals surface area contributed by atoms with Crippen LogP contribution in [0.4, 0.5) is 4.39 Å². The van der Waals surface area contributed by atoms with Gasteiger partial charge in [0.25, 0.3) is 0 Å². The molecular formula is C13H12ClFN2. The minimum Gasteiger partial charge on any atom is -0.251 e. The van der Waals surface area contributed by atoms with Gasteiger partial charge in [-0.05, 0) is 17.7 Å². The van der Waals surface area contributed by atoms with Gasteiger partial charge in [0, 0.05) is 17.4 Å². The molecule has 0 saturated carbocycles. The van der Waals surface area contributed by atoms with Gasteiger partial charge in [0.15, 0.2) is 5.41 Å². The van der Waals surface area contributed by atoms with Gasteiger partial charge in [-0.1, -0.05) is 30.7 Å². The van der Waals surface area contributed by atoms with Crippen LogP contribution in [0, 0.1) is 28.1 Å². The molecule has 2 nitrogen and oxygen atoms in total. The van der Waals surface area contributed by atoms with Gasteiger partial charge < -0.3 is 0 Å². The number of hydrogen-bond donors (Lipinski definition) is 0. The van der Waals surface area contributed by atoms with Gasteiger partial charge in [-0.3, -0.25) is 4.39 Å². The minimum absolute atomic E-state index is 0.0796. The summed E-state index contributed by atoms with van der Waals surface area (Å²) in [6, 6.07) is 10.8. The van der Waals surface area contributed by atoms with Gasteiger partial charge in [0.1, 0.15) is 0 Å². The predicted octanol–water partition coefficient (Wildman–Crippen LogP) is 3.84. The number of alkyl halides is 1. The third-order valence-electron chi connectivity index (χ3n) is 3.00. The normalized spacial score (nSPS) is 12.5. The Kier molecular flexibility index (Phi) is 4.49. The highest BCUT2D eigenvalue weighted by atomic mass is 35.5. The van der Waals surface area contributed by atoms with Crippen LogP contribution in [0.3, 0.4) is 0 Å². The molecule has 17 heavy (non-hydrogen) atoms. The fraction of sp³-hybridized carbons (Fsp3) is 0.385. The summed E-state index contributed by atoms with van der Waals surface area (Å²) >= 11 is 5.77. The Hall–Kier alpha value is -1.58. The summed E-state index contributed by atoms with van der Waals surface area (Å²) in [5.41, 5.74) is -0.506. The first-order valence-corrected chi connectivity index (χ1v) is 5.61. The fourth-order valence-corrected chi connectivity index (χ4v) is 1.86. The van der Waals surface area contributed by atoms with Gasteiger partial charge in [-0.2, -0.15) is 10.5 Å². The highest BCUT2D eigenvalue weighted by molar-refractivity contribution is 6.30. The molecule has 1 aromatic carbocycles. The summed E-state index contributed by atoms with van der Waals surface area (Å²) in [7, 11) is 0. The van der Waals surface area contributed by atoms with Crippen LogP contribution in [-0.4, -0.2) is 6.67 Å². The van der Waals surface area contributed by atoms with E-state index >= 15 is 0 Å². The predicted molar refractivity (Wildman–Crippen MR) is 64.1 cm³/mol. The van der Waals surface area contributed by atoms with Crippen LogP contribution in [0.1, 0.15) is 24.8 Å². The summed E-state index contributed by atoms with van der Waals surface area (Å²) in [5.74, 6) is -0.356. The van der Waals surface area contributed by atoms with Crippen molar-refractivity contribution < 1.29 is 4.39 Å². The summed E-state index contributed by atoms with van der Waals surface area (Å²) in [4.78, 5) is 0. The number of halogens is 2. The Morgan fingerprint density at radius 2 is 1.82 bits per heavy atom. The van der Waals surface area contributed by atoms with Crippen molar-refractivity contribution >= 4 is 11.6 Å². The van der Waals surface area contributed by atoms with Crippen molar-refractivity contribution in [1.82, 2.24) is 0 Å². The largest absolute Gasteiger partial charge is 0.251 e. The maximum atomic E-state index is 12.5. The molecule has 0 heterocycles. The van der Waals surface area contributed by atoms with Crippen molar-refractivity contribution in [2.75, 3.05) is 6.67 Å². The molecule has 0 aliphatic rings. The zero-order valence-electron chi connectivity index (χ0n) is 9.45. The van der Waals surface area contributed by atoms with Crippen LogP contribution < -0.4 is 0 Å². The van der Waals surface area contributed by atoms with E-state index in [0.29, 0.717) is 5.02 Å². The van der Waals surface area contributed by atoms with Crippen LogP contribution in [0.25, 0.3) is 0 Å². The van der Waals surface area contributed by atoms with E-state index in [4.69, 9.17) is 22.1 Å². The average molecular weight is 251 g/mol. The van der Waals surface area contributed by atoms with Gasteiger partial charge in [-0.15, -0.1) is 0 Å². The van der Waals surface area contributed by atoms with Crippen molar-refractivity contribution in [1.29, 1.82) is 10.5 Å². The zero-order valence-corrected chi connectivity index (χ0v) is 10.2. The molecule has 1 unspecified atom stereocenters. The van der Waals surface area contributed by atoms with Crippen LogP contribution in [0.5, 0.6) is 0 Å². The Balaban J connectivity index is 3.09. The maximum absolute atomic E-state index is 12.5. The molecule has 0 aliphatic heterocycles. The van der Waals surface area contributed by atoms with Gasteiger partial charge in [0.05, 0.1) is 18.8 Å². The molecule has 0 fully saturated rings. The minimum atomic E-state index is -1.32. The quantitative estimate of drug-likeness (QED) is 0.815. The second kappa shape index (κ2) is 5.66. The van der Waals surface area contributed by atoms with E-state index in [0.717, 1.165) is 5.56 Å². The maximum Gasteiger partial charge on any atom is 0.152 e. The van der Waals surface area contributed by atoms with E-state index in [1.54, 1.807) is 31.2 Å². The zero-order chi connectivity index (χ0) is 12.9. The molecule has 1 atom stereocenters. The van der Waals surface area contributed by atoms with Crippen molar-refractivity contribution in [3.63, 3.8) is 0 Å². The van der Waals surface area contributed by atoms with E-state index in [1.807, 2.05) is 12.1 Å². The highest BCUT2D eigenvalue weighted by Gasteiger charge is 2.37. The van der Waals surface area contributed by atoms with E-state index in [9.17, 15) is 4.39 Å². The standard InChI is InChI=1S/C13H12ClFN2/c1-10(11-2-4-12(14)5-3-11)13(8-16,9-17)6-7-15/h2-5,10H,6-7H2,1H3. The summed E-state index contributed by atoms with van der Waals surface area (Å²) < 4.78 is 12.5. The Morgan fingerprint density at radius 1 is 1.29 bits per heavy atom. The van der Waals surface area contributed by atoms with Gasteiger partial charge in [-0.25, -0.2) is 0 Å². The monoisotopic (exact) mass is 250 g/mol. The first-order chi connectivity index (χ1) is 8.09. The van der Waals surface area contributed by atoms with Crippen molar-refractivity contribution in [3.05, 3.63) is 34.9 Å². The number of rotatable bonds is 4. The Morgan fingerprint density at radius 3 is 2.24 bits per heavy atom. The van der Waals surface area contributed by atoms with Crippen molar-refractivity contribution in [2.45, 2.75) is 19.3 Å². The lowest BCUT2D eigenvalue weighted by Crippen LogP contribution is -2.24. The van der Waals surface area contributed by atoms with Crippen molar-refractivity contribution in [3.8, 4) is 12.1 Å². The van der Waals surface area contributed by atoms with Crippen molar-refractivity contribution in [2.24, 2.45) is 5.41 Å². The molecule has 0 saturated heterocycles. The molecule has 0 aliphatic carbocycles. The van der Waals surface area contributed by atoms with Crippen LogP contribution in [0.15, 0.2) is 24.3 Å². The Labute approximate surface area is 105 Å². The van der Waals surface area contributed by atoms with E-state index in [-0.39, 0.29) is 12.3 Å². The third kappa shape index (κ3) is 2.75. The molecule has 0 amide bonds. The van der Waals surface area contributed by atoms with Crippen LogP contribution >= 0.6 is 11.6 Å².